The van der Waals surface area contributed by atoms with Crippen molar-refractivity contribution in [2.24, 2.45) is 5.73 Å². The number of fused-ring (bicyclic) bond motifs is 2. The number of hydrogen-bond acceptors (Lipinski definition) is 2. The second kappa shape index (κ2) is 4.56. The van der Waals surface area contributed by atoms with Crippen LogP contribution in [-0.4, -0.2) is 29.1 Å². The second-order valence-corrected chi connectivity index (χ2v) is 4.79. The highest BCUT2D eigenvalue weighted by Gasteiger charge is 2.45. The molecule has 1 aliphatic carbocycles. The Kier molecular flexibility index (Phi) is 4.10. The lowest BCUT2D eigenvalue weighted by molar-refractivity contribution is 0.119. The fraction of sp³-hybridized carbons (Fsp3) is 1.00. The molecule has 3 fully saturated rings. The first-order chi connectivity index (χ1) is 5.84. The molecule has 4 heteroatoms. The lowest BCUT2D eigenvalue weighted by atomic mass is 9.98. The minimum absolute atomic E-state index is 0. The molecule has 0 aromatic rings. The maximum atomic E-state index is 6.01. The number of hydrogen-bond donors (Lipinski definition) is 1. The third kappa shape index (κ3) is 2.04. The van der Waals surface area contributed by atoms with Crippen molar-refractivity contribution in [3.63, 3.8) is 0 Å². The van der Waals surface area contributed by atoms with Gasteiger partial charge in [-0.1, -0.05) is 0 Å². The van der Waals surface area contributed by atoms with E-state index < -0.39 is 0 Å². The molecule has 0 aromatic carbocycles. The number of nitrogens with zero attached hydrogens (tertiary/aromatic N) is 1. The van der Waals surface area contributed by atoms with Crippen LogP contribution in [-0.2, 0) is 0 Å². The smallest absolute Gasteiger partial charge is 0.0116 e. The van der Waals surface area contributed by atoms with Gasteiger partial charge in [-0.2, -0.15) is 0 Å². The van der Waals surface area contributed by atoms with Crippen LogP contribution in [0, 0.1) is 0 Å². The Labute approximate surface area is 98.4 Å². The Morgan fingerprint density at radius 3 is 1.64 bits per heavy atom. The van der Waals surface area contributed by atoms with E-state index in [2.05, 4.69) is 4.90 Å². The van der Waals surface area contributed by atoms with Gasteiger partial charge in [0.25, 0.3) is 0 Å². The molecule has 2 unspecified atom stereocenters. The van der Waals surface area contributed by atoms with E-state index in [1.54, 1.807) is 0 Å². The highest BCUT2D eigenvalue weighted by molar-refractivity contribution is 5.85. The lowest BCUT2D eigenvalue weighted by Crippen LogP contribution is -2.48. The topological polar surface area (TPSA) is 29.3 Å². The number of halogens is 2. The standard InChI is InChI=1S/C10H18N2.2ClH/c11-7-5-9-3-4-10(6-7)12(9)8-1-2-8;;/h7-10H,1-6,11H2;2*1H. The van der Waals surface area contributed by atoms with Crippen LogP contribution in [0.2, 0.25) is 0 Å². The highest BCUT2D eigenvalue weighted by Crippen LogP contribution is 2.42. The van der Waals surface area contributed by atoms with E-state index in [1.807, 2.05) is 0 Å². The fourth-order valence-corrected chi connectivity index (χ4v) is 3.22. The average Bonchev–Trinajstić information content (AvgIpc) is 2.80. The van der Waals surface area contributed by atoms with Gasteiger partial charge >= 0.3 is 0 Å². The van der Waals surface area contributed by atoms with Crippen molar-refractivity contribution < 1.29 is 0 Å². The number of rotatable bonds is 1. The Hall–Kier alpha value is 0.500. The molecular formula is C10H20Cl2N2. The minimum Gasteiger partial charge on any atom is -0.328 e. The van der Waals surface area contributed by atoms with Gasteiger partial charge in [0.2, 0.25) is 0 Å². The van der Waals surface area contributed by atoms with Crippen LogP contribution in [0.25, 0.3) is 0 Å². The van der Waals surface area contributed by atoms with Crippen molar-refractivity contribution in [1.29, 1.82) is 0 Å². The summed E-state index contributed by atoms with van der Waals surface area (Å²) in [5, 5.41) is 0. The maximum Gasteiger partial charge on any atom is 0.0116 e. The molecule has 14 heavy (non-hydrogen) atoms. The highest BCUT2D eigenvalue weighted by atomic mass is 35.5. The third-order valence-electron chi connectivity index (χ3n) is 3.79. The Morgan fingerprint density at radius 2 is 1.21 bits per heavy atom. The van der Waals surface area contributed by atoms with Crippen LogP contribution in [0.3, 0.4) is 0 Å². The molecule has 2 N–H and O–H groups in total. The molecule has 2 atom stereocenters. The molecule has 84 valence electrons. The van der Waals surface area contributed by atoms with E-state index in [1.165, 1.54) is 38.5 Å². The number of nitrogens with two attached hydrogens (primary N) is 1. The van der Waals surface area contributed by atoms with Gasteiger partial charge in [-0.05, 0) is 38.5 Å². The summed E-state index contributed by atoms with van der Waals surface area (Å²) in [7, 11) is 0. The van der Waals surface area contributed by atoms with Crippen molar-refractivity contribution in [3.8, 4) is 0 Å². The Bertz CT molecular complexity index is 183. The van der Waals surface area contributed by atoms with Gasteiger partial charge in [0.1, 0.15) is 0 Å². The van der Waals surface area contributed by atoms with E-state index in [0.29, 0.717) is 6.04 Å². The van der Waals surface area contributed by atoms with E-state index in [4.69, 9.17) is 5.73 Å². The predicted molar refractivity (Wildman–Crippen MR) is 63.4 cm³/mol. The summed E-state index contributed by atoms with van der Waals surface area (Å²) in [6.07, 6.45) is 8.31. The first-order valence-electron chi connectivity index (χ1n) is 5.37. The van der Waals surface area contributed by atoms with Gasteiger partial charge < -0.3 is 5.73 Å². The normalized spacial score (nSPS) is 41.4. The summed E-state index contributed by atoms with van der Waals surface area (Å²) in [4.78, 5) is 2.80. The molecule has 0 radical (unpaired) electrons. The quantitative estimate of drug-likeness (QED) is 0.757. The summed E-state index contributed by atoms with van der Waals surface area (Å²) in [6.45, 7) is 0. The Morgan fingerprint density at radius 1 is 0.786 bits per heavy atom. The molecule has 1 saturated carbocycles. The molecule has 2 heterocycles. The predicted octanol–water partition coefficient (Wildman–Crippen LogP) is 1.95. The summed E-state index contributed by atoms with van der Waals surface area (Å²) >= 11 is 0. The van der Waals surface area contributed by atoms with Crippen molar-refractivity contribution in [3.05, 3.63) is 0 Å². The summed E-state index contributed by atoms with van der Waals surface area (Å²) in [5.41, 5.74) is 6.01. The molecule has 2 bridgehead atoms. The molecule has 2 aliphatic heterocycles. The van der Waals surface area contributed by atoms with Crippen LogP contribution in [0.1, 0.15) is 38.5 Å². The SMILES string of the molecule is Cl.Cl.NC1CC2CCC(C1)N2C1CC1. The van der Waals surface area contributed by atoms with Crippen LogP contribution in [0.5, 0.6) is 0 Å². The average molecular weight is 239 g/mol. The molecule has 0 spiro atoms. The fourth-order valence-electron chi connectivity index (χ4n) is 3.22. The van der Waals surface area contributed by atoms with Crippen LogP contribution < -0.4 is 5.73 Å². The van der Waals surface area contributed by atoms with Crippen LogP contribution >= 0.6 is 24.8 Å². The van der Waals surface area contributed by atoms with E-state index in [9.17, 15) is 0 Å². The van der Waals surface area contributed by atoms with Gasteiger partial charge in [-0.3, -0.25) is 4.90 Å². The van der Waals surface area contributed by atoms with E-state index in [-0.39, 0.29) is 24.8 Å². The zero-order valence-corrected chi connectivity index (χ0v) is 10.0. The maximum absolute atomic E-state index is 6.01. The summed E-state index contributed by atoms with van der Waals surface area (Å²) in [5.74, 6) is 0. The first kappa shape index (κ1) is 12.6. The number of piperidine rings is 1. The molecule has 3 aliphatic rings. The van der Waals surface area contributed by atoms with E-state index in [0.717, 1.165) is 18.1 Å². The lowest BCUT2D eigenvalue weighted by Gasteiger charge is -2.37. The molecule has 2 nitrogen and oxygen atoms in total. The van der Waals surface area contributed by atoms with Gasteiger partial charge in [-0.25, -0.2) is 0 Å². The van der Waals surface area contributed by atoms with Gasteiger partial charge in [0, 0.05) is 24.2 Å². The third-order valence-corrected chi connectivity index (χ3v) is 3.79. The Balaban J connectivity index is 0.000000490. The van der Waals surface area contributed by atoms with Crippen LogP contribution in [0.15, 0.2) is 0 Å². The largest absolute Gasteiger partial charge is 0.328 e. The van der Waals surface area contributed by atoms with Crippen molar-refractivity contribution in [2.75, 3.05) is 0 Å². The van der Waals surface area contributed by atoms with Crippen molar-refractivity contribution in [1.82, 2.24) is 4.90 Å². The zero-order chi connectivity index (χ0) is 8.13. The molecule has 0 amide bonds. The van der Waals surface area contributed by atoms with Crippen molar-refractivity contribution >= 4 is 24.8 Å². The van der Waals surface area contributed by atoms with E-state index >= 15 is 0 Å². The second-order valence-electron chi connectivity index (χ2n) is 4.79. The summed E-state index contributed by atoms with van der Waals surface area (Å²) in [6, 6.07) is 3.21. The molecule has 3 rings (SSSR count). The van der Waals surface area contributed by atoms with Crippen molar-refractivity contribution in [2.45, 2.75) is 62.7 Å². The monoisotopic (exact) mass is 238 g/mol. The van der Waals surface area contributed by atoms with Gasteiger partial charge in [0.05, 0.1) is 0 Å². The first-order valence-corrected chi connectivity index (χ1v) is 5.37. The van der Waals surface area contributed by atoms with Crippen LogP contribution in [0.4, 0.5) is 0 Å². The molecule has 2 saturated heterocycles. The summed E-state index contributed by atoms with van der Waals surface area (Å²) < 4.78 is 0. The molecule has 0 aromatic heterocycles. The van der Waals surface area contributed by atoms with Gasteiger partial charge in [-0.15, -0.1) is 24.8 Å². The van der Waals surface area contributed by atoms with Gasteiger partial charge in [0.15, 0.2) is 0 Å². The minimum atomic E-state index is 0. The zero-order valence-electron chi connectivity index (χ0n) is 8.39. The molecular weight excluding hydrogens is 219 g/mol.